The normalized spacial score (nSPS) is 10.2. The van der Waals surface area contributed by atoms with Gasteiger partial charge in [0, 0.05) is 29.7 Å². The molecule has 0 bridgehead atoms. The molecule has 0 amide bonds. The lowest BCUT2D eigenvalue weighted by Gasteiger charge is -2.16. The third-order valence-electron chi connectivity index (χ3n) is 4.73. The molecule has 170 valence electrons. The lowest BCUT2D eigenvalue weighted by atomic mass is 10.0. The first kappa shape index (κ1) is 23.3. The van der Waals surface area contributed by atoms with Crippen molar-refractivity contribution in [2.24, 2.45) is 0 Å². The Morgan fingerprint density at radius 1 is 0.485 bits per heavy atom. The predicted octanol–water partition coefficient (Wildman–Crippen LogP) is 5.10. The van der Waals surface area contributed by atoms with Crippen LogP contribution < -0.4 is 32.4 Å². The van der Waals surface area contributed by atoms with Gasteiger partial charge in [-0.1, -0.05) is 24.3 Å². The molecule has 0 aliphatic carbocycles. The molecule has 8 N–H and O–H groups in total. The van der Waals surface area contributed by atoms with Gasteiger partial charge >= 0.3 is 0 Å². The van der Waals surface area contributed by atoms with Crippen LogP contribution in [0.2, 0.25) is 0 Å². The molecule has 0 fully saturated rings. The Labute approximate surface area is 194 Å². The monoisotopic (exact) mass is 442 g/mol. The largest absolute Gasteiger partial charge is 0.455 e. The Morgan fingerprint density at radius 2 is 0.758 bits per heavy atom. The minimum atomic E-state index is -0.391. The number of ether oxygens (including phenoxy) is 2. The molecule has 0 saturated carbocycles. The summed E-state index contributed by atoms with van der Waals surface area (Å²) < 4.78 is 11.2. The summed E-state index contributed by atoms with van der Waals surface area (Å²) in [5, 5.41) is 0. The van der Waals surface area contributed by atoms with E-state index in [2.05, 4.69) is 0 Å². The summed E-state index contributed by atoms with van der Waals surface area (Å²) in [7, 11) is 0. The molecule has 4 rings (SSSR count). The van der Waals surface area contributed by atoms with E-state index in [0.29, 0.717) is 22.9 Å². The fraction of sp³-hybridized carbons (Fsp3) is 0.111. The van der Waals surface area contributed by atoms with Gasteiger partial charge < -0.3 is 32.4 Å². The molecule has 4 aromatic rings. The van der Waals surface area contributed by atoms with Crippen LogP contribution in [0.1, 0.15) is 18.1 Å². The third kappa shape index (κ3) is 8.03. The number of benzene rings is 4. The standard InChI is InChI=1S/C14H16N2O2.C13H14N2/c1-10(17-13-6-2-11(15)3-7-13)18-14-8-4-12(16)5-9-14;14-12-5-1-10(2-6-12)9-11-3-7-13(15)8-4-11/h2-10H,15-16H2,1H3;1-8H,9,14-15H2. The molecule has 0 aromatic heterocycles. The van der Waals surface area contributed by atoms with E-state index in [0.717, 1.165) is 17.8 Å². The molecule has 4 aromatic carbocycles. The van der Waals surface area contributed by atoms with Gasteiger partial charge in [0.1, 0.15) is 11.5 Å². The Bertz CT molecular complexity index is 1020. The van der Waals surface area contributed by atoms with E-state index in [-0.39, 0.29) is 0 Å². The van der Waals surface area contributed by atoms with Crippen molar-refractivity contribution in [2.45, 2.75) is 19.6 Å². The van der Waals surface area contributed by atoms with E-state index in [4.69, 9.17) is 32.4 Å². The van der Waals surface area contributed by atoms with Crippen LogP contribution in [-0.4, -0.2) is 6.29 Å². The second-order valence-electron chi connectivity index (χ2n) is 7.60. The molecule has 0 spiro atoms. The molecular weight excluding hydrogens is 412 g/mol. The van der Waals surface area contributed by atoms with Gasteiger partial charge in [0.25, 0.3) is 0 Å². The van der Waals surface area contributed by atoms with E-state index in [1.807, 2.05) is 55.5 Å². The van der Waals surface area contributed by atoms with E-state index in [1.54, 1.807) is 48.5 Å². The molecule has 0 atom stereocenters. The number of hydrogen-bond donors (Lipinski definition) is 4. The summed E-state index contributed by atoms with van der Waals surface area (Å²) in [5.74, 6) is 1.43. The van der Waals surface area contributed by atoms with Crippen molar-refractivity contribution in [1.29, 1.82) is 0 Å². The molecule has 0 heterocycles. The number of anilines is 4. The van der Waals surface area contributed by atoms with Crippen molar-refractivity contribution in [3.8, 4) is 11.5 Å². The van der Waals surface area contributed by atoms with Gasteiger partial charge in [0.15, 0.2) is 0 Å². The number of rotatable bonds is 6. The quantitative estimate of drug-likeness (QED) is 0.243. The first-order chi connectivity index (χ1) is 15.9. The highest BCUT2D eigenvalue weighted by atomic mass is 16.7. The second kappa shape index (κ2) is 11.3. The Kier molecular flexibility index (Phi) is 8.02. The minimum absolute atomic E-state index is 0.391. The van der Waals surface area contributed by atoms with Gasteiger partial charge in [-0.25, -0.2) is 0 Å². The Hall–Kier alpha value is -4.32. The zero-order chi connectivity index (χ0) is 23.6. The average molecular weight is 443 g/mol. The zero-order valence-corrected chi connectivity index (χ0v) is 18.6. The number of nitrogens with two attached hydrogens (primary N) is 4. The van der Waals surface area contributed by atoms with Crippen molar-refractivity contribution in [2.75, 3.05) is 22.9 Å². The summed E-state index contributed by atoms with van der Waals surface area (Å²) in [5.41, 5.74) is 28.0. The van der Waals surface area contributed by atoms with Crippen LogP contribution in [0.15, 0.2) is 97.1 Å². The van der Waals surface area contributed by atoms with Crippen molar-refractivity contribution in [3.05, 3.63) is 108 Å². The van der Waals surface area contributed by atoms with Crippen LogP contribution in [0.3, 0.4) is 0 Å². The van der Waals surface area contributed by atoms with Crippen LogP contribution in [0.5, 0.6) is 11.5 Å². The summed E-state index contributed by atoms with van der Waals surface area (Å²) in [4.78, 5) is 0. The zero-order valence-electron chi connectivity index (χ0n) is 18.6. The summed E-state index contributed by atoms with van der Waals surface area (Å²) >= 11 is 0. The molecule has 0 aliphatic heterocycles. The smallest absolute Gasteiger partial charge is 0.238 e. The topological polar surface area (TPSA) is 123 Å². The molecule has 33 heavy (non-hydrogen) atoms. The van der Waals surface area contributed by atoms with Crippen LogP contribution in [0.4, 0.5) is 22.7 Å². The summed E-state index contributed by atoms with van der Waals surface area (Å²) in [6.45, 7) is 1.83. The summed E-state index contributed by atoms with van der Waals surface area (Å²) in [6, 6.07) is 30.2. The maximum atomic E-state index is 5.62. The number of hydrogen-bond acceptors (Lipinski definition) is 6. The average Bonchev–Trinajstić information content (AvgIpc) is 2.80. The van der Waals surface area contributed by atoms with E-state index < -0.39 is 6.29 Å². The molecule has 0 aliphatic rings. The van der Waals surface area contributed by atoms with Crippen molar-refractivity contribution in [1.82, 2.24) is 0 Å². The minimum Gasteiger partial charge on any atom is -0.455 e. The van der Waals surface area contributed by atoms with Crippen molar-refractivity contribution < 1.29 is 9.47 Å². The van der Waals surface area contributed by atoms with Gasteiger partial charge in [-0.2, -0.15) is 0 Å². The molecule has 0 unspecified atom stereocenters. The third-order valence-corrected chi connectivity index (χ3v) is 4.73. The maximum Gasteiger partial charge on any atom is 0.238 e. The van der Waals surface area contributed by atoms with E-state index in [9.17, 15) is 0 Å². The SMILES string of the molecule is CC(Oc1ccc(N)cc1)Oc1ccc(N)cc1.Nc1ccc(Cc2ccc(N)cc2)cc1. The van der Waals surface area contributed by atoms with Gasteiger partial charge in [-0.3, -0.25) is 0 Å². The molecule has 6 heteroatoms. The highest BCUT2D eigenvalue weighted by Crippen LogP contribution is 2.18. The fourth-order valence-electron chi connectivity index (χ4n) is 3.01. The molecule has 6 nitrogen and oxygen atoms in total. The molecule has 0 radical (unpaired) electrons. The lowest BCUT2D eigenvalue weighted by Crippen LogP contribution is -2.19. The van der Waals surface area contributed by atoms with Crippen LogP contribution >= 0.6 is 0 Å². The van der Waals surface area contributed by atoms with Gasteiger partial charge in [0.05, 0.1) is 0 Å². The van der Waals surface area contributed by atoms with Gasteiger partial charge in [-0.05, 0) is 90.3 Å². The van der Waals surface area contributed by atoms with Crippen molar-refractivity contribution in [3.63, 3.8) is 0 Å². The molecular formula is C27H30N4O2. The van der Waals surface area contributed by atoms with E-state index >= 15 is 0 Å². The van der Waals surface area contributed by atoms with Crippen LogP contribution in [-0.2, 0) is 6.42 Å². The lowest BCUT2D eigenvalue weighted by molar-refractivity contribution is 0.0223. The summed E-state index contributed by atoms with van der Waals surface area (Å²) in [6.07, 6.45) is 0.526. The van der Waals surface area contributed by atoms with Gasteiger partial charge in [-0.15, -0.1) is 0 Å². The predicted molar refractivity (Wildman–Crippen MR) is 137 cm³/mol. The maximum absolute atomic E-state index is 5.62. The molecule has 0 saturated heterocycles. The van der Waals surface area contributed by atoms with Gasteiger partial charge in [0.2, 0.25) is 6.29 Å². The first-order valence-corrected chi connectivity index (χ1v) is 10.6. The Balaban J connectivity index is 0.000000189. The van der Waals surface area contributed by atoms with Crippen LogP contribution in [0, 0.1) is 0 Å². The van der Waals surface area contributed by atoms with E-state index in [1.165, 1.54) is 11.1 Å². The highest BCUT2D eigenvalue weighted by Gasteiger charge is 2.05. The fourth-order valence-corrected chi connectivity index (χ4v) is 3.01. The second-order valence-corrected chi connectivity index (χ2v) is 7.60. The number of nitrogen functional groups attached to an aromatic ring is 4. The Morgan fingerprint density at radius 3 is 1.06 bits per heavy atom. The highest BCUT2D eigenvalue weighted by molar-refractivity contribution is 5.44. The first-order valence-electron chi connectivity index (χ1n) is 10.6. The van der Waals surface area contributed by atoms with Crippen LogP contribution in [0.25, 0.3) is 0 Å². The van der Waals surface area contributed by atoms with Crippen molar-refractivity contribution >= 4 is 22.7 Å².